The third-order valence-electron chi connectivity index (χ3n) is 2.97. The number of nitrogens with one attached hydrogen (secondary N) is 1. The summed E-state index contributed by atoms with van der Waals surface area (Å²) < 4.78 is 0. The van der Waals surface area contributed by atoms with Crippen LogP contribution in [0.4, 0.5) is 5.69 Å². The molecule has 0 aliphatic heterocycles. The molecular formula is C17H21N3OS. The molecule has 1 amide bonds. The van der Waals surface area contributed by atoms with Crippen molar-refractivity contribution in [2.75, 3.05) is 11.1 Å². The van der Waals surface area contributed by atoms with Crippen LogP contribution < -0.4 is 5.32 Å². The van der Waals surface area contributed by atoms with Crippen molar-refractivity contribution in [3.8, 4) is 11.3 Å². The molecule has 1 aromatic heterocycles. The van der Waals surface area contributed by atoms with Gasteiger partial charge in [-0.15, -0.1) is 22.0 Å². The van der Waals surface area contributed by atoms with Gasteiger partial charge in [0.1, 0.15) is 5.03 Å². The molecule has 0 radical (unpaired) electrons. The Morgan fingerprint density at radius 3 is 2.68 bits per heavy atom. The highest BCUT2D eigenvalue weighted by molar-refractivity contribution is 7.99. The predicted octanol–water partition coefficient (Wildman–Crippen LogP) is 4.24. The smallest absolute Gasteiger partial charge is 0.224 e. The molecule has 0 unspecified atom stereocenters. The lowest BCUT2D eigenvalue weighted by molar-refractivity contribution is -0.116. The van der Waals surface area contributed by atoms with Crippen LogP contribution in [0, 0.1) is 5.92 Å². The molecule has 0 bridgehead atoms. The molecule has 1 aromatic carbocycles. The zero-order valence-electron chi connectivity index (χ0n) is 13.2. The van der Waals surface area contributed by atoms with E-state index < -0.39 is 0 Å². The first-order valence-electron chi connectivity index (χ1n) is 7.45. The van der Waals surface area contributed by atoms with Gasteiger partial charge >= 0.3 is 0 Å². The molecule has 1 heterocycles. The third kappa shape index (κ3) is 4.84. The van der Waals surface area contributed by atoms with E-state index in [9.17, 15) is 4.79 Å². The zero-order valence-corrected chi connectivity index (χ0v) is 14.0. The second kappa shape index (κ2) is 7.94. The monoisotopic (exact) mass is 315 g/mol. The number of hydrogen-bond donors (Lipinski definition) is 1. The fourth-order valence-electron chi connectivity index (χ4n) is 2.04. The quantitative estimate of drug-likeness (QED) is 0.810. The normalized spacial score (nSPS) is 10.7. The maximum absolute atomic E-state index is 11.8. The lowest BCUT2D eigenvalue weighted by Gasteiger charge is -2.08. The standard InChI is InChI=1S/C17H21N3OS/c1-4-22-17-9-8-15(19-20-17)13-6-5-7-14(11-13)18-16(21)10-12(2)3/h5-9,11-12H,4,10H2,1-3H3,(H,18,21). The largest absolute Gasteiger partial charge is 0.326 e. The Kier molecular flexibility index (Phi) is 5.95. The molecule has 0 atom stereocenters. The summed E-state index contributed by atoms with van der Waals surface area (Å²) in [5.41, 5.74) is 2.54. The number of aromatic nitrogens is 2. The summed E-state index contributed by atoms with van der Waals surface area (Å²) >= 11 is 1.67. The highest BCUT2D eigenvalue weighted by atomic mass is 32.2. The molecule has 2 rings (SSSR count). The molecule has 0 spiro atoms. The van der Waals surface area contributed by atoms with Crippen LogP contribution in [0.1, 0.15) is 27.2 Å². The molecule has 0 aliphatic carbocycles. The van der Waals surface area contributed by atoms with Crippen LogP contribution >= 0.6 is 11.8 Å². The van der Waals surface area contributed by atoms with Crippen LogP contribution in [0.25, 0.3) is 11.3 Å². The van der Waals surface area contributed by atoms with E-state index in [1.165, 1.54) is 0 Å². The zero-order chi connectivity index (χ0) is 15.9. The number of amides is 1. The minimum Gasteiger partial charge on any atom is -0.326 e. The first kappa shape index (κ1) is 16.5. The second-order valence-electron chi connectivity index (χ2n) is 5.42. The van der Waals surface area contributed by atoms with Gasteiger partial charge in [0.2, 0.25) is 5.91 Å². The Bertz CT molecular complexity index is 626. The number of benzene rings is 1. The molecule has 5 heteroatoms. The van der Waals surface area contributed by atoms with Crippen molar-refractivity contribution in [1.29, 1.82) is 0 Å². The lowest BCUT2D eigenvalue weighted by Crippen LogP contribution is -2.13. The molecule has 1 N–H and O–H groups in total. The number of nitrogens with zero attached hydrogens (tertiary/aromatic N) is 2. The summed E-state index contributed by atoms with van der Waals surface area (Å²) in [4.78, 5) is 11.8. The maximum atomic E-state index is 11.8. The van der Waals surface area contributed by atoms with Gasteiger partial charge in [-0.2, -0.15) is 0 Å². The van der Waals surface area contributed by atoms with Gasteiger partial charge in [0.05, 0.1) is 5.69 Å². The number of thioether (sulfide) groups is 1. The van der Waals surface area contributed by atoms with E-state index in [4.69, 9.17) is 0 Å². The van der Waals surface area contributed by atoms with Crippen molar-refractivity contribution in [2.45, 2.75) is 32.2 Å². The van der Waals surface area contributed by atoms with E-state index in [1.54, 1.807) is 11.8 Å². The van der Waals surface area contributed by atoms with Gasteiger partial charge in [0.15, 0.2) is 0 Å². The van der Waals surface area contributed by atoms with Gasteiger partial charge in [-0.05, 0) is 35.9 Å². The van der Waals surface area contributed by atoms with E-state index in [0.29, 0.717) is 12.3 Å². The predicted molar refractivity (Wildman–Crippen MR) is 92.0 cm³/mol. The Balaban J connectivity index is 2.12. The number of anilines is 1. The van der Waals surface area contributed by atoms with Crippen LogP contribution in [0.15, 0.2) is 41.4 Å². The summed E-state index contributed by atoms with van der Waals surface area (Å²) in [6.45, 7) is 6.15. The van der Waals surface area contributed by atoms with E-state index in [-0.39, 0.29) is 5.91 Å². The van der Waals surface area contributed by atoms with Crippen molar-refractivity contribution >= 4 is 23.4 Å². The van der Waals surface area contributed by atoms with Crippen LogP contribution in [0.2, 0.25) is 0 Å². The third-order valence-corrected chi connectivity index (χ3v) is 3.77. The fraction of sp³-hybridized carbons (Fsp3) is 0.353. The topological polar surface area (TPSA) is 54.9 Å². The average molecular weight is 315 g/mol. The van der Waals surface area contributed by atoms with Gasteiger partial charge in [-0.25, -0.2) is 0 Å². The summed E-state index contributed by atoms with van der Waals surface area (Å²) in [6, 6.07) is 11.6. The highest BCUT2D eigenvalue weighted by Crippen LogP contribution is 2.22. The first-order valence-corrected chi connectivity index (χ1v) is 8.44. The van der Waals surface area contributed by atoms with E-state index in [2.05, 4.69) is 22.4 Å². The number of carbonyl (C=O) groups is 1. The number of hydrogen-bond acceptors (Lipinski definition) is 4. The number of carbonyl (C=O) groups excluding carboxylic acids is 1. The average Bonchev–Trinajstić information content (AvgIpc) is 2.47. The Morgan fingerprint density at radius 2 is 2.05 bits per heavy atom. The molecule has 22 heavy (non-hydrogen) atoms. The second-order valence-corrected chi connectivity index (χ2v) is 6.70. The maximum Gasteiger partial charge on any atom is 0.224 e. The van der Waals surface area contributed by atoms with E-state index in [1.807, 2.05) is 50.2 Å². The molecule has 0 saturated heterocycles. The Morgan fingerprint density at radius 1 is 1.23 bits per heavy atom. The highest BCUT2D eigenvalue weighted by Gasteiger charge is 2.07. The molecule has 116 valence electrons. The molecular weight excluding hydrogens is 294 g/mol. The molecule has 0 aliphatic rings. The van der Waals surface area contributed by atoms with Crippen molar-refractivity contribution in [3.63, 3.8) is 0 Å². The first-order chi connectivity index (χ1) is 10.6. The van der Waals surface area contributed by atoms with Crippen LogP contribution in [0.5, 0.6) is 0 Å². The summed E-state index contributed by atoms with van der Waals surface area (Å²) in [5.74, 6) is 1.36. The van der Waals surface area contributed by atoms with Crippen LogP contribution in [-0.2, 0) is 4.79 Å². The van der Waals surface area contributed by atoms with Crippen molar-refractivity contribution in [3.05, 3.63) is 36.4 Å². The van der Waals surface area contributed by atoms with Gasteiger partial charge in [0, 0.05) is 17.7 Å². The van der Waals surface area contributed by atoms with Crippen molar-refractivity contribution in [1.82, 2.24) is 10.2 Å². The Hall–Kier alpha value is -1.88. The van der Waals surface area contributed by atoms with Gasteiger partial charge < -0.3 is 5.32 Å². The van der Waals surface area contributed by atoms with Crippen molar-refractivity contribution < 1.29 is 4.79 Å². The van der Waals surface area contributed by atoms with Gasteiger partial charge in [-0.1, -0.05) is 32.9 Å². The minimum absolute atomic E-state index is 0.0351. The minimum atomic E-state index is 0.0351. The fourth-order valence-corrected chi connectivity index (χ4v) is 2.60. The molecule has 4 nitrogen and oxygen atoms in total. The van der Waals surface area contributed by atoms with E-state index >= 15 is 0 Å². The summed E-state index contributed by atoms with van der Waals surface area (Å²) in [5, 5.41) is 12.3. The molecule has 0 fully saturated rings. The SMILES string of the molecule is CCSc1ccc(-c2cccc(NC(=O)CC(C)C)c2)nn1. The lowest BCUT2D eigenvalue weighted by atomic mass is 10.1. The Labute approximate surface area is 135 Å². The van der Waals surface area contributed by atoms with Crippen LogP contribution in [-0.4, -0.2) is 21.9 Å². The van der Waals surface area contributed by atoms with Gasteiger partial charge in [-0.3, -0.25) is 4.79 Å². The summed E-state index contributed by atoms with van der Waals surface area (Å²) in [6.07, 6.45) is 0.521. The van der Waals surface area contributed by atoms with Crippen LogP contribution in [0.3, 0.4) is 0 Å². The van der Waals surface area contributed by atoms with Gasteiger partial charge in [0.25, 0.3) is 0 Å². The van der Waals surface area contributed by atoms with E-state index in [0.717, 1.165) is 27.7 Å². The molecule has 0 saturated carbocycles. The summed E-state index contributed by atoms with van der Waals surface area (Å²) in [7, 11) is 0. The number of rotatable bonds is 6. The molecule has 2 aromatic rings. The van der Waals surface area contributed by atoms with Crippen molar-refractivity contribution in [2.24, 2.45) is 5.92 Å².